The van der Waals surface area contributed by atoms with Crippen molar-refractivity contribution < 1.29 is 14.3 Å². The van der Waals surface area contributed by atoms with E-state index in [2.05, 4.69) is 48.8 Å². The summed E-state index contributed by atoms with van der Waals surface area (Å²) in [5, 5.41) is 0. The van der Waals surface area contributed by atoms with E-state index in [9.17, 15) is 4.79 Å². The smallest absolute Gasteiger partial charge is 0.260 e. The van der Waals surface area contributed by atoms with Crippen LogP contribution in [0, 0.1) is 6.92 Å². The number of carbonyl (C=O) groups excluding carboxylic acids is 1. The van der Waals surface area contributed by atoms with Gasteiger partial charge in [0.2, 0.25) is 0 Å². The molecule has 2 fully saturated rings. The Bertz CT molecular complexity index is 641. The molecule has 0 bridgehead atoms. The van der Waals surface area contributed by atoms with E-state index in [1.807, 2.05) is 0 Å². The number of carbonyl (C=O) groups is 1. The van der Waals surface area contributed by atoms with Crippen LogP contribution in [-0.4, -0.2) is 67.7 Å². The second kappa shape index (κ2) is 10.3. The molecule has 0 aliphatic carbocycles. The molecule has 5 heteroatoms. The van der Waals surface area contributed by atoms with Gasteiger partial charge in [0.05, 0.1) is 13.2 Å². The SMILES string of the molecule is Cc1ccc(C(C)C)c(OCC(=O)N2CCCCC2CCN2CCOCC2)c1. The van der Waals surface area contributed by atoms with Crippen molar-refractivity contribution in [2.24, 2.45) is 0 Å². The van der Waals surface area contributed by atoms with Crippen LogP contribution >= 0.6 is 0 Å². The molecule has 2 aliphatic rings. The number of benzene rings is 1. The third-order valence-electron chi connectivity index (χ3n) is 5.97. The maximum absolute atomic E-state index is 13.0. The number of aryl methyl sites for hydroxylation is 1. The summed E-state index contributed by atoms with van der Waals surface area (Å²) < 4.78 is 11.5. The Balaban J connectivity index is 1.56. The Morgan fingerprint density at radius 3 is 2.75 bits per heavy atom. The van der Waals surface area contributed by atoms with Crippen molar-refractivity contribution >= 4 is 5.91 Å². The van der Waals surface area contributed by atoms with Crippen LogP contribution in [-0.2, 0) is 9.53 Å². The predicted octanol–water partition coefficient (Wildman–Crippen LogP) is 3.60. The van der Waals surface area contributed by atoms with Crippen molar-refractivity contribution in [3.8, 4) is 5.75 Å². The summed E-state index contributed by atoms with van der Waals surface area (Å²) >= 11 is 0. The van der Waals surface area contributed by atoms with Gasteiger partial charge in [-0.1, -0.05) is 26.0 Å². The molecular weight excluding hydrogens is 352 g/mol. The first-order valence-corrected chi connectivity index (χ1v) is 10.9. The number of morpholine rings is 1. The first-order valence-electron chi connectivity index (χ1n) is 10.9. The summed E-state index contributed by atoms with van der Waals surface area (Å²) in [5.41, 5.74) is 2.33. The van der Waals surface area contributed by atoms with Crippen molar-refractivity contribution in [1.29, 1.82) is 0 Å². The number of rotatable bonds is 7. The summed E-state index contributed by atoms with van der Waals surface area (Å²) in [4.78, 5) is 17.5. The molecule has 0 N–H and O–H groups in total. The van der Waals surface area contributed by atoms with Gasteiger partial charge in [-0.05, 0) is 55.7 Å². The Morgan fingerprint density at radius 2 is 2.00 bits per heavy atom. The molecule has 2 aliphatic heterocycles. The van der Waals surface area contributed by atoms with Gasteiger partial charge in [0.1, 0.15) is 5.75 Å². The van der Waals surface area contributed by atoms with Gasteiger partial charge in [0.15, 0.2) is 6.61 Å². The lowest BCUT2D eigenvalue weighted by molar-refractivity contribution is -0.137. The van der Waals surface area contributed by atoms with Gasteiger partial charge < -0.3 is 14.4 Å². The topological polar surface area (TPSA) is 42.0 Å². The minimum atomic E-state index is 0.128. The zero-order valence-corrected chi connectivity index (χ0v) is 17.8. The number of hydrogen-bond acceptors (Lipinski definition) is 4. The van der Waals surface area contributed by atoms with Crippen molar-refractivity contribution in [2.75, 3.05) is 46.0 Å². The molecule has 0 radical (unpaired) electrons. The zero-order valence-electron chi connectivity index (χ0n) is 17.8. The second-order valence-electron chi connectivity index (χ2n) is 8.46. The predicted molar refractivity (Wildman–Crippen MR) is 112 cm³/mol. The Kier molecular flexibility index (Phi) is 7.74. The van der Waals surface area contributed by atoms with Gasteiger partial charge in [-0.15, -0.1) is 0 Å². The Morgan fingerprint density at radius 1 is 1.21 bits per heavy atom. The molecule has 1 amide bonds. The number of likely N-dealkylation sites (tertiary alicyclic amines) is 1. The van der Waals surface area contributed by atoms with Crippen molar-refractivity contribution in [3.63, 3.8) is 0 Å². The van der Waals surface area contributed by atoms with Crippen molar-refractivity contribution in [1.82, 2.24) is 9.80 Å². The quantitative estimate of drug-likeness (QED) is 0.716. The molecule has 1 aromatic rings. The van der Waals surface area contributed by atoms with E-state index in [4.69, 9.17) is 9.47 Å². The fourth-order valence-electron chi connectivity index (χ4n) is 4.25. The minimum absolute atomic E-state index is 0.128. The van der Waals surface area contributed by atoms with Gasteiger partial charge in [-0.2, -0.15) is 0 Å². The number of ether oxygens (including phenoxy) is 2. The summed E-state index contributed by atoms with van der Waals surface area (Å²) in [6, 6.07) is 6.62. The highest BCUT2D eigenvalue weighted by molar-refractivity contribution is 5.78. The molecular formula is C23H36N2O3. The first-order chi connectivity index (χ1) is 13.5. The van der Waals surface area contributed by atoms with Crippen molar-refractivity contribution in [2.45, 2.75) is 58.4 Å². The van der Waals surface area contributed by atoms with Gasteiger partial charge in [-0.3, -0.25) is 9.69 Å². The fraction of sp³-hybridized carbons (Fsp3) is 0.696. The summed E-state index contributed by atoms with van der Waals surface area (Å²) in [6.45, 7) is 12.1. The van der Waals surface area contributed by atoms with E-state index in [0.29, 0.717) is 12.0 Å². The molecule has 0 spiro atoms. The first kappa shape index (κ1) is 21.1. The summed E-state index contributed by atoms with van der Waals surface area (Å²) in [6.07, 6.45) is 4.47. The molecule has 156 valence electrons. The van der Waals surface area contributed by atoms with Gasteiger partial charge in [-0.25, -0.2) is 0 Å². The van der Waals surface area contributed by atoms with Crippen LogP contribution in [0.4, 0.5) is 0 Å². The van der Waals surface area contributed by atoms with Gasteiger partial charge >= 0.3 is 0 Å². The van der Waals surface area contributed by atoms with Gasteiger partial charge in [0, 0.05) is 32.2 Å². The zero-order chi connectivity index (χ0) is 19.9. The van der Waals surface area contributed by atoms with Crippen LogP contribution in [0.1, 0.15) is 56.6 Å². The lowest BCUT2D eigenvalue weighted by atomic mass is 9.99. The Hall–Kier alpha value is -1.59. The molecule has 0 saturated carbocycles. The summed E-state index contributed by atoms with van der Waals surface area (Å²) in [5.74, 6) is 1.36. The van der Waals surface area contributed by atoms with E-state index in [-0.39, 0.29) is 12.5 Å². The molecule has 2 saturated heterocycles. The van der Waals surface area contributed by atoms with E-state index in [0.717, 1.165) is 70.0 Å². The second-order valence-corrected chi connectivity index (χ2v) is 8.46. The van der Waals surface area contributed by atoms with Crippen LogP contribution in [0.3, 0.4) is 0 Å². The maximum atomic E-state index is 13.0. The third-order valence-corrected chi connectivity index (χ3v) is 5.97. The van der Waals surface area contributed by atoms with Crippen LogP contribution in [0.25, 0.3) is 0 Å². The normalized spacial score (nSPS) is 21.1. The molecule has 5 nitrogen and oxygen atoms in total. The maximum Gasteiger partial charge on any atom is 0.260 e. The molecule has 2 heterocycles. The molecule has 0 aromatic heterocycles. The Labute approximate surface area is 170 Å². The van der Waals surface area contributed by atoms with Crippen LogP contribution in [0.2, 0.25) is 0 Å². The largest absolute Gasteiger partial charge is 0.483 e. The highest BCUT2D eigenvalue weighted by Crippen LogP contribution is 2.28. The third kappa shape index (κ3) is 5.71. The van der Waals surface area contributed by atoms with Crippen LogP contribution in [0.15, 0.2) is 18.2 Å². The number of amides is 1. The van der Waals surface area contributed by atoms with E-state index in [1.165, 1.54) is 12.0 Å². The number of hydrogen-bond donors (Lipinski definition) is 0. The molecule has 1 atom stereocenters. The van der Waals surface area contributed by atoms with E-state index >= 15 is 0 Å². The molecule has 1 aromatic carbocycles. The number of nitrogens with zero attached hydrogens (tertiary/aromatic N) is 2. The summed E-state index contributed by atoms with van der Waals surface area (Å²) in [7, 11) is 0. The van der Waals surface area contributed by atoms with Crippen LogP contribution < -0.4 is 4.74 Å². The monoisotopic (exact) mass is 388 g/mol. The molecule has 1 unspecified atom stereocenters. The minimum Gasteiger partial charge on any atom is -0.483 e. The highest BCUT2D eigenvalue weighted by atomic mass is 16.5. The average molecular weight is 389 g/mol. The standard InChI is InChI=1S/C23H36N2O3/c1-18(2)21-8-7-19(3)16-22(21)28-17-23(26)25-10-5-4-6-20(25)9-11-24-12-14-27-15-13-24/h7-8,16,18,20H,4-6,9-15,17H2,1-3H3. The van der Waals surface area contributed by atoms with Crippen LogP contribution in [0.5, 0.6) is 5.75 Å². The number of piperidine rings is 1. The van der Waals surface area contributed by atoms with Crippen molar-refractivity contribution in [3.05, 3.63) is 29.3 Å². The van der Waals surface area contributed by atoms with E-state index in [1.54, 1.807) is 0 Å². The fourth-order valence-corrected chi connectivity index (χ4v) is 4.25. The molecule has 3 rings (SSSR count). The highest BCUT2D eigenvalue weighted by Gasteiger charge is 2.27. The van der Waals surface area contributed by atoms with E-state index < -0.39 is 0 Å². The van der Waals surface area contributed by atoms with Gasteiger partial charge in [0.25, 0.3) is 5.91 Å². The molecule has 28 heavy (non-hydrogen) atoms. The lowest BCUT2D eigenvalue weighted by Gasteiger charge is -2.37. The lowest BCUT2D eigenvalue weighted by Crippen LogP contribution is -2.47. The average Bonchev–Trinajstić information content (AvgIpc) is 2.71.